The van der Waals surface area contributed by atoms with Crippen LogP contribution in [0.4, 0.5) is 0 Å². The molecule has 3 heteroatoms. The maximum atomic E-state index is 5.20. The summed E-state index contributed by atoms with van der Waals surface area (Å²) in [5.74, 6) is 0. The highest BCUT2D eigenvalue weighted by molar-refractivity contribution is 7.83. The molecule has 0 atom stereocenters. The van der Waals surface area contributed by atoms with Crippen LogP contribution in [0.1, 0.15) is 6.92 Å². The molecular formula is C3H6ClNS. The van der Waals surface area contributed by atoms with Gasteiger partial charge in [-0.05, 0) is 19.1 Å². The van der Waals surface area contributed by atoms with Crippen LogP contribution in [0.5, 0.6) is 0 Å². The Balaban J connectivity index is 2.83. The predicted octanol–water partition coefficient (Wildman–Crippen LogP) is 1.12. The summed E-state index contributed by atoms with van der Waals surface area (Å²) in [6, 6.07) is 0. The largest absolute Gasteiger partial charge is 0.367 e. The molecule has 0 rings (SSSR count). The first-order chi connectivity index (χ1) is 2.77. The molecule has 1 nitrogen and oxygen atoms in total. The van der Waals surface area contributed by atoms with Crippen molar-refractivity contribution in [3.05, 3.63) is 0 Å². The molecule has 0 heterocycles. The van der Waals surface area contributed by atoms with E-state index in [-0.39, 0.29) is 0 Å². The lowest BCUT2D eigenvalue weighted by atomic mass is 10.8. The fourth-order valence-electron chi connectivity index (χ4n) is 0.139. The van der Waals surface area contributed by atoms with E-state index in [4.69, 9.17) is 11.6 Å². The Labute approximate surface area is 47.7 Å². The van der Waals surface area contributed by atoms with E-state index in [9.17, 15) is 0 Å². The minimum Gasteiger partial charge on any atom is -0.367 e. The molecule has 0 aliphatic heterocycles. The Hall–Kier alpha value is 0.180. The van der Waals surface area contributed by atoms with Crippen LogP contribution in [0.25, 0.3) is 0 Å². The highest BCUT2D eigenvalue weighted by atomic mass is 35.5. The Bertz CT molecular complexity index is 54.8. The van der Waals surface area contributed by atoms with Crippen LogP contribution in [0.2, 0.25) is 0 Å². The zero-order valence-electron chi connectivity index (χ0n) is 3.49. The highest BCUT2D eigenvalue weighted by Crippen LogP contribution is 1.74. The minimum atomic E-state index is 0.345. The van der Waals surface area contributed by atoms with Gasteiger partial charge < -0.3 is 5.32 Å². The molecule has 0 bridgehead atoms. The molecule has 0 aromatic carbocycles. The predicted molar refractivity (Wildman–Crippen MR) is 32.1 cm³/mol. The lowest BCUT2D eigenvalue weighted by Gasteiger charge is -1.90. The van der Waals surface area contributed by atoms with Crippen LogP contribution >= 0.6 is 23.8 Å². The van der Waals surface area contributed by atoms with Crippen molar-refractivity contribution in [3.63, 3.8) is 0 Å². The van der Waals surface area contributed by atoms with Gasteiger partial charge in [-0.2, -0.15) is 0 Å². The number of thiocarbonyl (C=S) groups is 1. The standard InChI is InChI=1S/C3H6ClNS/c1-2-5-3(4)6/h2H2,1H3,(H,5,6). The monoisotopic (exact) mass is 123 g/mol. The molecule has 0 aliphatic rings. The molecule has 36 valence electrons. The summed E-state index contributed by atoms with van der Waals surface area (Å²) in [6.45, 7) is 2.75. The second-order valence-corrected chi connectivity index (χ2v) is 1.81. The van der Waals surface area contributed by atoms with Crippen molar-refractivity contribution < 1.29 is 0 Å². The summed E-state index contributed by atoms with van der Waals surface area (Å²) >= 11 is 9.65. The van der Waals surface area contributed by atoms with Gasteiger partial charge in [0.1, 0.15) is 0 Å². The summed E-state index contributed by atoms with van der Waals surface area (Å²) in [5, 5.41) is 2.71. The molecule has 0 fully saturated rings. The molecular weight excluding hydrogens is 118 g/mol. The van der Waals surface area contributed by atoms with E-state index in [0.717, 1.165) is 6.54 Å². The molecule has 0 radical (unpaired) electrons. The smallest absolute Gasteiger partial charge is 0.167 e. The zero-order chi connectivity index (χ0) is 4.99. The third kappa shape index (κ3) is 4.18. The number of hydrogen-bond acceptors (Lipinski definition) is 1. The fourth-order valence-corrected chi connectivity index (χ4v) is 0.417. The van der Waals surface area contributed by atoms with E-state index >= 15 is 0 Å². The van der Waals surface area contributed by atoms with Crippen molar-refractivity contribution in [1.82, 2.24) is 5.32 Å². The number of hydrogen-bond donors (Lipinski definition) is 1. The van der Waals surface area contributed by atoms with E-state index in [2.05, 4.69) is 17.5 Å². The van der Waals surface area contributed by atoms with Crippen molar-refractivity contribution in [1.29, 1.82) is 0 Å². The zero-order valence-corrected chi connectivity index (χ0v) is 5.07. The molecule has 0 amide bonds. The van der Waals surface area contributed by atoms with Gasteiger partial charge in [-0.25, -0.2) is 0 Å². The van der Waals surface area contributed by atoms with Gasteiger partial charge in [-0.1, -0.05) is 11.6 Å². The van der Waals surface area contributed by atoms with Crippen LogP contribution in [0.3, 0.4) is 0 Å². The molecule has 0 aromatic rings. The second kappa shape index (κ2) is 3.37. The summed E-state index contributed by atoms with van der Waals surface area (Å²) in [6.07, 6.45) is 0. The van der Waals surface area contributed by atoms with Crippen molar-refractivity contribution in [2.75, 3.05) is 6.54 Å². The third-order valence-corrected chi connectivity index (χ3v) is 0.594. The second-order valence-electron chi connectivity index (χ2n) is 0.804. The van der Waals surface area contributed by atoms with Crippen LogP contribution < -0.4 is 5.32 Å². The number of rotatable bonds is 1. The van der Waals surface area contributed by atoms with Gasteiger partial charge in [0, 0.05) is 6.54 Å². The molecule has 6 heavy (non-hydrogen) atoms. The van der Waals surface area contributed by atoms with Crippen LogP contribution in [-0.4, -0.2) is 11.0 Å². The molecule has 0 unspecified atom stereocenters. The molecule has 0 aromatic heterocycles. The summed E-state index contributed by atoms with van der Waals surface area (Å²) in [4.78, 5) is 0. The normalized spacial score (nSPS) is 7.67. The van der Waals surface area contributed by atoms with Gasteiger partial charge in [0.25, 0.3) is 0 Å². The fraction of sp³-hybridized carbons (Fsp3) is 0.667. The van der Waals surface area contributed by atoms with Gasteiger partial charge in [0.2, 0.25) is 0 Å². The van der Waals surface area contributed by atoms with Crippen molar-refractivity contribution >= 4 is 28.3 Å². The summed E-state index contributed by atoms with van der Waals surface area (Å²) in [7, 11) is 0. The van der Waals surface area contributed by atoms with E-state index in [1.165, 1.54) is 0 Å². The Morgan fingerprint density at radius 1 is 2.00 bits per heavy atom. The van der Waals surface area contributed by atoms with E-state index in [1.807, 2.05) is 6.92 Å². The van der Waals surface area contributed by atoms with Gasteiger partial charge in [-0.15, -0.1) is 0 Å². The Morgan fingerprint density at radius 2 is 2.50 bits per heavy atom. The van der Waals surface area contributed by atoms with E-state index in [1.54, 1.807) is 0 Å². The lowest BCUT2D eigenvalue weighted by Crippen LogP contribution is -2.13. The van der Waals surface area contributed by atoms with E-state index < -0.39 is 0 Å². The highest BCUT2D eigenvalue weighted by Gasteiger charge is 1.77. The first-order valence-electron chi connectivity index (χ1n) is 1.70. The Kier molecular flexibility index (Phi) is 3.47. The van der Waals surface area contributed by atoms with Gasteiger partial charge in [0.15, 0.2) is 4.45 Å². The third-order valence-electron chi connectivity index (χ3n) is 0.316. The number of halogens is 1. The van der Waals surface area contributed by atoms with Gasteiger partial charge in [0.05, 0.1) is 0 Å². The van der Waals surface area contributed by atoms with Crippen LogP contribution in [0, 0.1) is 0 Å². The average molecular weight is 124 g/mol. The van der Waals surface area contributed by atoms with E-state index in [0.29, 0.717) is 4.45 Å². The molecule has 0 saturated heterocycles. The maximum absolute atomic E-state index is 5.20. The quantitative estimate of drug-likeness (QED) is 0.319. The summed E-state index contributed by atoms with van der Waals surface area (Å²) in [5.41, 5.74) is 0. The summed E-state index contributed by atoms with van der Waals surface area (Å²) < 4.78 is 0.345. The van der Waals surface area contributed by atoms with Gasteiger partial charge >= 0.3 is 0 Å². The minimum absolute atomic E-state index is 0.345. The van der Waals surface area contributed by atoms with Crippen LogP contribution in [0.15, 0.2) is 0 Å². The first kappa shape index (κ1) is 6.18. The average Bonchev–Trinajstić information content (AvgIpc) is 1.35. The molecule has 1 N–H and O–H groups in total. The number of nitrogens with one attached hydrogen (secondary N) is 1. The van der Waals surface area contributed by atoms with Crippen molar-refractivity contribution in [3.8, 4) is 0 Å². The SMILES string of the molecule is CCNC(=S)Cl. The van der Waals surface area contributed by atoms with Crippen molar-refractivity contribution in [2.24, 2.45) is 0 Å². The molecule has 0 saturated carbocycles. The molecule has 0 aliphatic carbocycles. The molecule has 0 spiro atoms. The maximum Gasteiger partial charge on any atom is 0.167 e. The van der Waals surface area contributed by atoms with Gasteiger partial charge in [-0.3, -0.25) is 0 Å². The first-order valence-corrected chi connectivity index (χ1v) is 2.49. The van der Waals surface area contributed by atoms with Crippen LogP contribution in [-0.2, 0) is 0 Å². The topological polar surface area (TPSA) is 12.0 Å². The Morgan fingerprint density at radius 3 is 2.50 bits per heavy atom. The van der Waals surface area contributed by atoms with Crippen molar-refractivity contribution in [2.45, 2.75) is 6.92 Å². The lowest BCUT2D eigenvalue weighted by molar-refractivity contribution is 0.994.